The average molecular weight is 271 g/mol. The van der Waals surface area contributed by atoms with Gasteiger partial charge in [-0.3, -0.25) is 10.1 Å². The van der Waals surface area contributed by atoms with Crippen LogP contribution in [0, 0.1) is 0 Å². The summed E-state index contributed by atoms with van der Waals surface area (Å²) in [5.74, 6) is -0.119. The fraction of sp³-hybridized carbons (Fsp3) is 0.933. The summed E-state index contributed by atoms with van der Waals surface area (Å²) in [5.41, 5.74) is -0.533. The van der Waals surface area contributed by atoms with Crippen molar-refractivity contribution in [1.82, 2.24) is 5.32 Å². The summed E-state index contributed by atoms with van der Waals surface area (Å²) >= 11 is 0. The molecular formula is C15H29NO3. The lowest BCUT2D eigenvalue weighted by Crippen LogP contribution is -2.51. The van der Waals surface area contributed by atoms with Gasteiger partial charge < -0.3 is 9.47 Å². The van der Waals surface area contributed by atoms with Gasteiger partial charge in [0.15, 0.2) is 0 Å². The van der Waals surface area contributed by atoms with Crippen molar-refractivity contribution in [1.29, 1.82) is 0 Å². The zero-order chi connectivity index (χ0) is 14.3. The maximum Gasteiger partial charge on any atom is 0.326 e. The summed E-state index contributed by atoms with van der Waals surface area (Å²) in [6.45, 7) is 9.10. The molecule has 0 aromatic rings. The molecule has 0 aliphatic heterocycles. The minimum absolute atomic E-state index is 0.119. The molecule has 0 radical (unpaired) electrons. The van der Waals surface area contributed by atoms with Crippen LogP contribution in [0.25, 0.3) is 0 Å². The van der Waals surface area contributed by atoms with E-state index >= 15 is 0 Å². The highest BCUT2D eigenvalue weighted by molar-refractivity contribution is 5.80. The molecule has 0 amide bonds. The Morgan fingerprint density at radius 3 is 2.58 bits per heavy atom. The molecule has 1 saturated carbocycles. The van der Waals surface area contributed by atoms with E-state index in [2.05, 4.69) is 5.32 Å². The average Bonchev–Trinajstić information content (AvgIpc) is 3.12. The number of carbonyl (C=O) groups is 1. The maximum atomic E-state index is 12.1. The number of unbranched alkanes of at least 4 members (excludes halogenated alkanes) is 1. The topological polar surface area (TPSA) is 47.6 Å². The van der Waals surface area contributed by atoms with Crippen LogP contribution < -0.4 is 5.32 Å². The van der Waals surface area contributed by atoms with Crippen LogP contribution in [0.1, 0.15) is 59.8 Å². The van der Waals surface area contributed by atoms with Crippen LogP contribution in [0.15, 0.2) is 0 Å². The standard InChI is InChI=1S/C15H29NO3/c1-5-18-14(17)15(4,16-13-8-9-13)10-6-7-11-19-12(2)3/h12-13,16H,5-11H2,1-4H3. The molecule has 1 fully saturated rings. The smallest absolute Gasteiger partial charge is 0.326 e. The number of carbonyl (C=O) groups excluding carboxylic acids is 1. The molecule has 4 nitrogen and oxygen atoms in total. The molecule has 1 aliphatic rings. The molecule has 1 atom stereocenters. The van der Waals surface area contributed by atoms with Gasteiger partial charge in [-0.2, -0.15) is 0 Å². The lowest BCUT2D eigenvalue weighted by Gasteiger charge is -2.28. The lowest BCUT2D eigenvalue weighted by atomic mass is 9.94. The Kier molecular flexibility index (Phi) is 6.80. The number of hydrogen-bond donors (Lipinski definition) is 1. The second-order valence-electron chi connectivity index (χ2n) is 5.85. The molecule has 112 valence electrons. The van der Waals surface area contributed by atoms with E-state index in [9.17, 15) is 4.79 Å². The molecule has 0 heterocycles. The second-order valence-corrected chi connectivity index (χ2v) is 5.85. The molecule has 0 bridgehead atoms. The van der Waals surface area contributed by atoms with Gasteiger partial charge in [-0.25, -0.2) is 0 Å². The summed E-state index contributed by atoms with van der Waals surface area (Å²) < 4.78 is 10.7. The Balaban J connectivity index is 2.33. The summed E-state index contributed by atoms with van der Waals surface area (Å²) in [7, 11) is 0. The minimum atomic E-state index is -0.533. The molecule has 19 heavy (non-hydrogen) atoms. The number of hydrogen-bond acceptors (Lipinski definition) is 4. The molecule has 1 unspecified atom stereocenters. The number of ether oxygens (including phenoxy) is 2. The molecule has 0 aromatic carbocycles. The zero-order valence-electron chi connectivity index (χ0n) is 12.8. The van der Waals surface area contributed by atoms with Crippen molar-refractivity contribution in [2.75, 3.05) is 13.2 Å². The Hall–Kier alpha value is -0.610. The Bertz CT molecular complexity index is 277. The number of rotatable bonds is 10. The van der Waals surface area contributed by atoms with E-state index in [1.54, 1.807) is 0 Å². The van der Waals surface area contributed by atoms with Gasteiger partial charge in [-0.1, -0.05) is 0 Å². The molecule has 1 rings (SSSR count). The summed E-state index contributed by atoms with van der Waals surface area (Å²) in [5, 5.41) is 3.44. The highest BCUT2D eigenvalue weighted by atomic mass is 16.5. The molecule has 1 aliphatic carbocycles. The third-order valence-electron chi connectivity index (χ3n) is 3.35. The molecular weight excluding hydrogens is 242 g/mol. The fourth-order valence-corrected chi connectivity index (χ4v) is 2.10. The van der Waals surface area contributed by atoms with Crippen molar-refractivity contribution in [3.63, 3.8) is 0 Å². The summed E-state index contributed by atoms with van der Waals surface area (Å²) in [6.07, 6.45) is 5.39. The summed E-state index contributed by atoms with van der Waals surface area (Å²) in [6, 6.07) is 0.501. The van der Waals surface area contributed by atoms with Gasteiger partial charge in [0.05, 0.1) is 12.7 Å². The van der Waals surface area contributed by atoms with Gasteiger partial charge in [0.2, 0.25) is 0 Å². The molecule has 0 aromatic heterocycles. The zero-order valence-corrected chi connectivity index (χ0v) is 12.8. The largest absolute Gasteiger partial charge is 0.465 e. The first-order chi connectivity index (χ1) is 8.98. The van der Waals surface area contributed by atoms with E-state index in [1.165, 1.54) is 12.8 Å². The van der Waals surface area contributed by atoms with Crippen LogP contribution in [0.5, 0.6) is 0 Å². The predicted octanol–water partition coefficient (Wildman–Crippen LogP) is 2.66. The van der Waals surface area contributed by atoms with E-state index < -0.39 is 5.54 Å². The normalized spacial score (nSPS) is 18.4. The first kappa shape index (κ1) is 16.4. The van der Waals surface area contributed by atoms with Crippen molar-refractivity contribution in [3.05, 3.63) is 0 Å². The SMILES string of the molecule is CCOC(=O)C(C)(CCCCOC(C)C)NC1CC1. The van der Waals surface area contributed by atoms with Crippen LogP contribution in [0.2, 0.25) is 0 Å². The monoisotopic (exact) mass is 271 g/mol. The van der Waals surface area contributed by atoms with E-state index in [1.807, 2.05) is 27.7 Å². The van der Waals surface area contributed by atoms with Crippen molar-refractivity contribution in [2.24, 2.45) is 0 Å². The Morgan fingerprint density at radius 2 is 2.05 bits per heavy atom. The molecule has 0 spiro atoms. The fourth-order valence-electron chi connectivity index (χ4n) is 2.10. The van der Waals surface area contributed by atoms with Crippen LogP contribution in [0.3, 0.4) is 0 Å². The van der Waals surface area contributed by atoms with Gasteiger partial charge in [0, 0.05) is 12.6 Å². The van der Waals surface area contributed by atoms with Crippen molar-refractivity contribution < 1.29 is 14.3 Å². The van der Waals surface area contributed by atoms with Gasteiger partial charge in [-0.05, 0) is 59.8 Å². The number of nitrogens with one attached hydrogen (secondary N) is 1. The van der Waals surface area contributed by atoms with Crippen LogP contribution in [-0.2, 0) is 14.3 Å². The van der Waals surface area contributed by atoms with E-state index in [-0.39, 0.29) is 12.1 Å². The molecule has 4 heteroatoms. The lowest BCUT2D eigenvalue weighted by molar-refractivity contribution is -0.151. The summed E-state index contributed by atoms with van der Waals surface area (Å²) in [4.78, 5) is 12.1. The highest BCUT2D eigenvalue weighted by Gasteiger charge is 2.38. The van der Waals surface area contributed by atoms with Gasteiger partial charge in [-0.15, -0.1) is 0 Å². The second kappa shape index (κ2) is 7.85. The predicted molar refractivity (Wildman–Crippen MR) is 76.1 cm³/mol. The van der Waals surface area contributed by atoms with Crippen LogP contribution in [0.4, 0.5) is 0 Å². The van der Waals surface area contributed by atoms with E-state index in [0.717, 1.165) is 25.9 Å². The van der Waals surface area contributed by atoms with E-state index in [0.29, 0.717) is 12.6 Å². The highest BCUT2D eigenvalue weighted by Crippen LogP contribution is 2.26. The van der Waals surface area contributed by atoms with Gasteiger partial charge in [0.1, 0.15) is 5.54 Å². The number of esters is 1. The van der Waals surface area contributed by atoms with Crippen LogP contribution in [-0.4, -0.2) is 36.9 Å². The molecule has 1 N–H and O–H groups in total. The third-order valence-corrected chi connectivity index (χ3v) is 3.35. The van der Waals surface area contributed by atoms with Gasteiger partial charge >= 0.3 is 5.97 Å². The first-order valence-electron chi connectivity index (χ1n) is 7.54. The maximum absolute atomic E-state index is 12.1. The van der Waals surface area contributed by atoms with Crippen molar-refractivity contribution >= 4 is 5.97 Å². The quantitative estimate of drug-likeness (QED) is 0.490. The van der Waals surface area contributed by atoms with Crippen LogP contribution >= 0.6 is 0 Å². The van der Waals surface area contributed by atoms with Crippen molar-refractivity contribution in [3.8, 4) is 0 Å². The first-order valence-corrected chi connectivity index (χ1v) is 7.54. The van der Waals surface area contributed by atoms with Crippen molar-refractivity contribution in [2.45, 2.75) is 77.5 Å². The molecule has 0 saturated heterocycles. The van der Waals surface area contributed by atoms with E-state index in [4.69, 9.17) is 9.47 Å². The Morgan fingerprint density at radius 1 is 1.37 bits per heavy atom. The minimum Gasteiger partial charge on any atom is -0.465 e. The van der Waals surface area contributed by atoms with Gasteiger partial charge in [0.25, 0.3) is 0 Å². The Labute approximate surface area is 117 Å². The third kappa shape index (κ3) is 6.39.